The molecule has 1 aromatic rings. The van der Waals surface area contributed by atoms with Crippen LogP contribution in [0.2, 0.25) is 0 Å². The molecule has 1 aliphatic carbocycles. The highest BCUT2D eigenvalue weighted by molar-refractivity contribution is 9.10. The summed E-state index contributed by atoms with van der Waals surface area (Å²) in [4.78, 5) is 14.0. The van der Waals surface area contributed by atoms with E-state index < -0.39 is 0 Å². The van der Waals surface area contributed by atoms with Gasteiger partial charge < -0.3 is 4.98 Å². The van der Waals surface area contributed by atoms with Crippen molar-refractivity contribution in [3.63, 3.8) is 0 Å². The van der Waals surface area contributed by atoms with Crippen molar-refractivity contribution < 1.29 is 0 Å². The molecule has 1 heterocycles. The lowest BCUT2D eigenvalue weighted by Crippen LogP contribution is -2.09. The third kappa shape index (κ3) is 1.33. The van der Waals surface area contributed by atoms with Gasteiger partial charge in [-0.2, -0.15) is 0 Å². The van der Waals surface area contributed by atoms with Crippen LogP contribution in [0.4, 0.5) is 0 Å². The maximum atomic E-state index is 11.1. The maximum absolute atomic E-state index is 11.1. The standard InChI is InChI=1S/C9H10BrNO/c1-5-7(6-2-3-6)4-8(10)9(12)11-5/h4,6H,2-3H2,1H3,(H,11,12). The topological polar surface area (TPSA) is 32.9 Å². The summed E-state index contributed by atoms with van der Waals surface area (Å²) in [6, 6.07) is 1.95. The van der Waals surface area contributed by atoms with E-state index in [2.05, 4.69) is 20.9 Å². The first-order valence-electron chi connectivity index (χ1n) is 4.08. The lowest BCUT2D eigenvalue weighted by atomic mass is 10.1. The van der Waals surface area contributed by atoms with Crippen molar-refractivity contribution in [2.24, 2.45) is 0 Å². The second kappa shape index (κ2) is 2.73. The summed E-state index contributed by atoms with van der Waals surface area (Å²) in [6.45, 7) is 1.96. The van der Waals surface area contributed by atoms with Gasteiger partial charge in [0.25, 0.3) is 5.56 Å². The van der Waals surface area contributed by atoms with E-state index in [1.54, 1.807) is 0 Å². The average molecular weight is 228 g/mol. The van der Waals surface area contributed by atoms with Gasteiger partial charge in [0.2, 0.25) is 0 Å². The van der Waals surface area contributed by atoms with Crippen LogP contribution in [0.1, 0.15) is 30.0 Å². The van der Waals surface area contributed by atoms with Gasteiger partial charge in [-0.1, -0.05) is 0 Å². The molecule has 3 heteroatoms. The van der Waals surface area contributed by atoms with Crippen LogP contribution in [-0.4, -0.2) is 4.98 Å². The molecule has 2 nitrogen and oxygen atoms in total. The van der Waals surface area contributed by atoms with Crippen molar-refractivity contribution in [1.82, 2.24) is 4.98 Å². The van der Waals surface area contributed by atoms with E-state index in [0.29, 0.717) is 10.4 Å². The summed E-state index contributed by atoms with van der Waals surface area (Å²) in [6.07, 6.45) is 2.53. The molecule has 0 aliphatic heterocycles. The zero-order valence-corrected chi connectivity index (χ0v) is 8.44. The van der Waals surface area contributed by atoms with E-state index in [4.69, 9.17) is 0 Å². The van der Waals surface area contributed by atoms with Crippen LogP contribution in [0.25, 0.3) is 0 Å². The minimum absolute atomic E-state index is 0.0306. The molecule has 1 aromatic heterocycles. The van der Waals surface area contributed by atoms with Crippen LogP contribution in [0, 0.1) is 6.92 Å². The fraction of sp³-hybridized carbons (Fsp3) is 0.444. The number of nitrogens with one attached hydrogen (secondary N) is 1. The first-order valence-corrected chi connectivity index (χ1v) is 4.87. The normalized spacial score (nSPS) is 16.5. The van der Waals surface area contributed by atoms with Gasteiger partial charge >= 0.3 is 0 Å². The van der Waals surface area contributed by atoms with Gasteiger partial charge in [0, 0.05) is 5.69 Å². The molecule has 64 valence electrons. The predicted octanol–water partition coefficient (Wildman–Crippen LogP) is 2.32. The fourth-order valence-corrected chi connectivity index (χ4v) is 1.78. The monoisotopic (exact) mass is 227 g/mol. The van der Waals surface area contributed by atoms with Crippen LogP contribution in [-0.2, 0) is 0 Å². The first kappa shape index (κ1) is 8.05. The molecule has 0 unspecified atom stereocenters. The van der Waals surface area contributed by atoms with Crippen LogP contribution in [0.15, 0.2) is 15.3 Å². The third-order valence-electron chi connectivity index (χ3n) is 2.25. The van der Waals surface area contributed by atoms with Crippen LogP contribution < -0.4 is 5.56 Å². The average Bonchev–Trinajstić information content (AvgIpc) is 2.79. The molecule has 0 aromatic carbocycles. The van der Waals surface area contributed by atoms with Crippen LogP contribution in [0.3, 0.4) is 0 Å². The minimum atomic E-state index is -0.0306. The smallest absolute Gasteiger partial charge is 0.262 e. The van der Waals surface area contributed by atoms with Gasteiger partial charge in [-0.15, -0.1) is 0 Å². The SMILES string of the molecule is Cc1[nH]c(=O)c(Br)cc1C1CC1. The number of pyridine rings is 1. The predicted molar refractivity (Wildman–Crippen MR) is 51.5 cm³/mol. The van der Waals surface area contributed by atoms with Crippen LogP contribution >= 0.6 is 15.9 Å². The molecule has 1 aliphatic rings. The summed E-state index contributed by atoms with van der Waals surface area (Å²) in [5.74, 6) is 0.693. The lowest BCUT2D eigenvalue weighted by molar-refractivity contribution is 1.01. The largest absolute Gasteiger partial charge is 0.325 e. The fourth-order valence-electron chi connectivity index (χ4n) is 1.43. The number of hydrogen-bond acceptors (Lipinski definition) is 1. The van der Waals surface area contributed by atoms with Crippen molar-refractivity contribution in [3.8, 4) is 0 Å². The molecule has 0 spiro atoms. The molecular formula is C9H10BrNO. The van der Waals surface area contributed by atoms with Gasteiger partial charge in [-0.05, 0) is 53.2 Å². The highest BCUT2D eigenvalue weighted by atomic mass is 79.9. The van der Waals surface area contributed by atoms with E-state index in [9.17, 15) is 4.79 Å². The molecule has 12 heavy (non-hydrogen) atoms. The molecule has 0 atom stereocenters. The Morgan fingerprint density at radius 2 is 2.25 bits per heavy atom. The van der Waals surface area contributed by atoms with Crippen molar-refractivity contribution >= 4 is 15.9 Å². The second-order valence-electron chi connectivity index (χ2n) is 3.30. The molecule has 1 N–H and O–H groups in total. The van der Waals surface area contributed by atoms with Gasteiger partial charge in [0.15, 0.2) is 0 Å². The molecule has 0 radical (unpaired) electrons. The molecule has 0 amide bonds. The van der Waals surface area contributed by atoms with Gasteiger partial charge in [0.1, 0.15) is 0 Å². The molecule has 1 saturated carbocycles. The van der Waals surface area contributed by atoms with Crippen molar-refractivity contribution in [2.45, 2.75) is 25.7 Å². The van der Waals surface area contributed by atoms with Crippen LogP contribution in [0.5, 0.6) is 0 Å². The number of H-pyrrole nitrogens is 1. The lowest BCUT2D eigenvalue weighted by Gasteiger charge is -2.03. The summed E-state index contributed by atoms with van der Waals surface area (Å²) in [5, 5.41) is 0. The Hall–Kier alpha value is -0.570. The van der Waals surface area contributed by atoms with E-state index in [1.165, 1.54) is 18.4 Å². The summed E-state index contributed by atoms with van der Waals surface area (Å²) >= 11 is 3.23. The minimum Gasteiger partial charge on any atom is -0.325 e. The number of halogens is 1. The molecule has 1 fully saturated rings. The Bertz CT molecular complexity index is 365. The second-order valence-corrected chi connectivity index (χ2v) is 4.16. The van der Waals surface area contributed by atoms with E-state index in [-0.39, 0.29) is 5.56 Å². The number of aromatic amines is 1. The van der Waals surface area contributed by atoms with Gasteiger partial charge in [-0.25, -0.2) is 0 Å². The summed E-state index contributed by atoms with van der Waals surface area (Å²) in [7, 11) is 0. The number of aryl methyl sites for hydroxylation is 1. The highest BCUT2D eigenvalue weighted by Gasteiger charge is 2.25. The Balaban J connectivity index is 2.54. The van der Waals surface area contributed by atoms with E-state index >= 15 is 0 Å². The Morgan fingerprint density at radius 1 is 1.58 bits per heavy atom. The number of aromatic nitrogens is 1. The number of hydrogen-bond donors (Lipinski definition) is 1. The zero-order valence-electron chi connectivity index (χ0n) is 6.86. The molecule has 2 rings (SSSR count). The highest BCUT2D eigenvalue weighted by Crippen LogP contribution is 2.41. The van der Waals surface area contributed by atoms with Gasteiger partial charge in [0.05, 0.1) is 4.47 Å². The number of rotatable bonds is 1. The molecular weight excluding hydrogens is 218 g/mol. The summed E-state index contributed by atoms with van der Waals surface area (Å²) in [5.41, 5.74) is 2.28. The zero-order chi connectivity index (χ0) is 8.72. The van der Waals surface area contributed by atoms with Crippen molar-refractivity contribution in [2.75, 3.05) is 0 Å². The first-order chi connectivity index (χ1) is 5.68. The van der Waals surface area contributed by atoms with Crippen molar-refractivity contribution in [3.05, 3.63) is 32.2 Å². The maximum Gasteiger partial charge on any atom is 0.262 e. The third-order valence-corrected chi connectivity index (χ3v) is 2.84. The molecule has 0 bridgehead atoms. The van der Waals surface area contributed by atoms with E-state index in [0.717, 1.165) is 5.69 Å². The van der Waals surface area contributed by atoms with E-state index in [1.807, 2.05) is 13.0 Å². The Labute approximate surface area is 79.1 Å². The quantitative estimate of drug-likeness (QED) is 0.786. The van der Waals surface area contributed by atoms with Gasteiger partial charge in [-0.3, -0.25) is 4.79 Å². The molecule has 0 saturated heterocycles. The Morgan fingerprint density at radius 3 is 2.83 bits per heavy atom. The summed E-state index contributed by atoms with van der Waals surface area (Å²) < 4.78 is 0.648. The van der Waals surface area contributed by atoms with Crippen molar-refractivity contribution in [1.29, 1.82) is 0 Å². The Kier molecular flexibility index (Phi) is 1.83.